The Kier molecular flexibility index (Phi) is 7.39. The van der Waals surface area contributed by atoms with Crippen LogP contribution < -0.4 is 10.6 Å². The zero-order valence-corrected chi connectivity index (χ0v) is 19.4. The molecule has 1 aliphatic heterocycles. The van der Waals surface area contributed by atoms with Gasteiger partial charge in [0.1, 0.15) is 0 Å². The van der Waals surface area contributed by atoms with E-state index in [-0.39, 0.29) is 18.3 Å². The van der Waals surface area contributed by atoms with Crippen molar-refractivity contribution >= 4 is 35.0 Å². The molecule has 6 nitrogen and oxygen atoms in total. The lowest BCUT2D eigenvalue weighted by molar-refractivity contribution is 0.0519. The summed E-state index contributed by atoms with van der Waals surface area (Å²) in [5.74, 6) is -0.145. The number of alkyl halides is 1. The lowest BCUT2D eigenvalue weighted by Crippen LogP contribution is -2.50. The maximum absolute atomic E-state index is 13.8. The van der Waals surface area contributed by atoms with Gasteiger partial charge in [-0.2, -0.15) is 0 Å². The lowest BCUT2D eigenvalue weighted by atomic mass is 9.74. The molecule has 0 saturated carbocycles. The van der Waals surface area contributed by atoms with Crippen LogP contribution in [0.25, 0.3) is 11.3 Å². The average Bonchev–Trinajstić information content (AvgIpc) is 2.76. The summed E-state index contributed by atoms with van der Waals surface area (Å²) in [6.07, 6.45) is 1.12. The van der Waals surface area contributed by atoms with Crippen LogP contribution in [-0.2, 0) is 4.74 Å². The van der Waals surface area contributed by atoms with Gasteiger partial charge in [-0.1, -0.05) is 35.3 Å². The smallest absolute Gasteiger partial charge is 0.360 e. The van der Waals surface area contributed by atoms with Crippen molar-refractivity contribution in [1.82, 2.24) is 9.97 Å². The van der Waals surface area contributed by atoms with Gasteiger partial charge in [0, 0.05) is 30.1 Å². The summed E-state index contributed by atoms with van der Waals surface area (Å²) in [6.45, 7) is 6.14. The van der Waals surface area contributed by atoms with Crippen LogP contribution in [0.1, 0.15) is 42.9 Å². The van der Waals surface area contributed by atoms with E-state index < -0.39 is 18.1 Å². The Morgan fingerprint density at radius 3 is 2.58 bits per heavy atom. The molecular weight excluding hydrogens is 442 g/mol. The van der Waals surface area contributed by atoms with Gasteiger partial charge in [-0.3, -0.25) is 4.39 Å². The van der Waals surface area contributed by atoms with Crippen LogP contribution in [0.5, 0.6) is 0 Å². The highest BCUT2D eigenvalue weighted by Gasteiger charge is 2.39. The second-order valence-corrected chi connectivity index (χ2v) is 8.71. The third-order valence-electron chi connectivity index (χ3n) is 6.02. The molecule has 0 spiro atoms. The van der Waals surface area contributed by atoms with Crippen molar-refractivity contribution in [2.24, 2.45) is 11.1 Å². The molecule has 0 bridgehead atoms. The van der Waals surface area contributed by atoms with E-state index in [4.69, 9.17) is 38.7 Å². The molecule has 1 unspecified atom stereocenters. The van der Waals surface area contributed by atoms with Gasteiger partial charge >= 0.3 is 5.97 Å². The summed E-state index contributed by atoms with van der Waals surface area (Å²) in [4.78, 5) is 24.0. The van der Waals surface area contributed by atoms with Gasteiger partial charge in [0.2, 0.25) is 0 Å². The summed E-state index contributed by atoms with van der Waals surface area (Å²) >= 11 is 12.6. The van der Waals surface area contributed by atoms with E-state index >= 15 is 0 Å². The van der Waals surface area contributed by atoms with Crippen molar-refractivity contribution in [3.05, 3.63) is 39.6 Å². The van der Waals surface area contributed by atoms with E-state index in [0.29, 0.717) is 58.7 Å². The largest absolute Gasteiger partial charge is 0.461 e. The second kappa shape index (κ2) is 9.67. The number of aryl methyl sites for hydroxylation is 1. The number of anilines is 1. The molecule has 0 amide bonds. The van der Waals surface area contributed by atoms with Crippen molar-refractivity contribution in [2.75, 3.05) is 31.3 Å². The molecule has 3 rings (SSSR count). The van der Waals surface area contributed by atoms with Crippen LogP contribution in [0, 0.1) is 12.3 Å². The fourth-order valence-corrected chi connectivity index (χ4v) is 4.27. The van der Waals surface area contributed by atoms with Crippen molar-refractivity contribution in [2.45, 2.75) is 39.7 Å². The standard InChI is InChI=1S/C22H27Cl2FN4O2/c1-4-31-21(30)19-20(29-10-8-22(12-25,9-11-29)14(3)26)27-13(2)18(28-19)15-6-5-7-16(23)17(15)24/h5-7,14H,4,8-12,26H2,1-3H3. The number of benzene rings is 1. The third-order valence-corrected chi connectivity index (χ3v) is 6.84. The normalized spacial score (nSPS) is 16.8. The SMILES string of the molecule is CCOC(=O)c1nc(-c2cccc(Cl)c2Cl)c(C)nc1N1CCC(CF)(C(C)N)CC1. The first-order valence-electron chi connectivity index (χ1n) is 10.3. The molecule has 2 N–H and O–H groups in total. The number of hydrogen-bond donors (Lipinski definition) is 1. The molecule has 1 fully saturated rings. The molecule has 1 aromatic heterocycles. The Labute approximate surface area is 191 Å². The van der Waals surface area contributed by atoms with Crippen LogP contribution in [0.4, 0.5) is 10.2 Å². The number of hydrogen-bond acceptors (Lipinski definition) is 6. The van der Waals surface area contributed by atoms with E-state index in [1.807, 2.05) is 11.8 Å². The van der Waals surface area contributed by atoms with Crippen LogP contribution in [0.3, 0.4) is 0 Å². The van der Waals surface area contributed by atoms with E-state index in [1.54, 1.807) is 32.0 Å². The zero-order chi connectivity index (χ0) is 22.8. The lowest BCUT2D eigenvalue weighted by Gasteiger charge is -2.43. The quantitative estimate of drug-likeness (QED) is 0.610. The van der Waals surface area contributed by atoms with E-state index in [2.05, 4.69) is 4.98 Å². The molecule has 2 heterocycles. The van der Waals surface area contributed by atoms with Gasteiger partial charge in [-0.25, -0.2) is 14.8 Å². The Morgan fingerprint density at radius 1 is 1.32 bits per heavy atom. The maximum atomic E-state index is 13.8. The van der Waals surface area contributed by atoms with Crippen molar-refractivity contribution < 1.29 is 13.9 Å². The van der Waals surface area contributed by atoms with Crippen LogP contribution in [-0.4, -0.2) is 48.4 Å². The van der Waals surface area contributed by atoms with E-state index in [1.165, 1.54) is 0 Å². The first-order chi connectivity index (χ1) is 14.7. The minimum Gasteiger partial charge on any atom is -0.461 e. The summed E-state index contributed by atoms with van der Waals surface area (Å²) < 4.78 is 19.0. The predicted octanol–water partition coefficient (Wildman–Crippen LogP) is 4.84. The summed E-state index contributed by atoms with van der Waals surface area (Å²) in [6, 6.07) is 4.96. The summed E-state index contributed by atoms with van der Waals surface area (Å²) in [5, 5.41) is 0.725. The number of esters is 1. The Balaban J connectivity index is 2.04. The Hall–Kier alpha value is -1.96. The highest BCUT2D eigenvalue weighted by atomic mass is 35.5. The van der Waals surface area contributed by atoms with Gasteiger partial charge < -0.3 is 15.4 Å². The number of carbonyl (C=O) groups is 1. The fraction of sp³-hybridized carbons (Fsp3) is 0.500. The molecule has 31 heavy (non-hydrogen) atoms. The average molecular weight is 469 g/mol. The number of rotatable bonds is 6. The van der Waals surface area contributed by atoms with Gasteiger partial charge in [0.15, 0.2) is 11.5 Å². The Morgan fingerprint density at radius 2 is 2.00 bits per heavy atom. The predicted molar refractivity (Wildman–Crippen MR) is 122 cm³/mol. The number of aromatic nitrogens is 2. The summed E-state index contributed by atoms with van der Waals surface area (Å²) in [5.41, 5.74) is 7.26. The van der Waals surface area contributed by atoms with Gasteiger partial charge in [-0.05, 0) is 39.7 Å². The van der Waals surface area contributed by atoms with Crippen LogP contribution in [0.2, 0.25) is 10.0 Å². The molecule has 1 saturated heterocycles. The van der Waals surface area contributed by atoms with E-state index in [0.717, 1.165) is 0 Å². The maximum Gasteiger partial charge on any atom is 0.360 e. The van der Waals surface area contributed by atoms with Crippen LogP contribution in [0.15, 0.2) is 18.2 Å². The van der Waals surface area contributed by atoms with Crippen molar-refractivity contribution in [3.63, 3.8) is 0 Å². The summed E-state index contributed by atoms with van der Waals surface area (Å²) in [7, 11) is 0. The van der Waals surface area contributed by atoms with E-state index in [9.17, 15) is 9.18 Å². The zero-order valence-electron chi connectivity index (χ0n) is 17.9. The van der Waals surface area contributed by atoms with Crippen LogP contribution >= 0.6 is 23.2 Å². The molecular formula is C22H27Cl2FN4O2. The molecule has 2 aromatic rings. The van der Waals surface area contributed by atoms with Gasteiger partial charge in [0.05, 0.1) is 34.7 Å². The molecule has 1 aliphatic rings. The second-order valence-electron chi connectivity index (χ2n) is 7.92. The number of carbonyl (C=O) groups excluding carboxylic acids is 1. The van der Waals surface area contributed by atoms with Gasteiger partial charge in [0.25, 0.3) is 0 Å². The number of halogens is 3. The van der Waals surface area contributed by atoms with Crippen molar-refractivity contribution in [1.29, 1.82) is 0 Å². The Bertz CT molecular complexity index is 963. The third kappa shape index (κ3) is 4.64. The number of nitrogens with zero attached hydrogens (tertiary/aromatic N) is 3. The molecule has 168 valence electrons. The highest BCUT2D eigenvalue weighted by Crippen LogP contribution is 2.38. The number of piperidine rings is 1. The molecule has 1 atom stereocenters. The fourth-order valence-electron chi connectivity index (χ4n) is 3.88. The number of nitrogens with two attached hydrogens (primary N) is 1. The topological polar surface area (TPSA) is 81.3 Å². The molecule has 1 aromatic carbocycles. The minimum absolute atomic E-state index is 0.104. The molecule has 9 heteroatoms. The monoisotopic (exact) mass is 468 g/mol. The molecule has 0 aliphatic carbocycles. The minimum atomic E-state index is -0.570. The van der Waals surface area contributed by atoms with Crippen molar-refractivity contribution in [3.8, 4) is 11.3 Å². The van der Waals surface area contributed by atoms with Gasteiger partial charge in [-0.15, -0.1) is 0 Å². The molecule has 0 radical (unpaired) electrons. The first-order valence-corrected chi connectivity index (χ1v) is 11.1. The number of ether oxygens (including phenoxy) is 1. The highest BCUT2D eigenvalue weighted by molar-refractivity contribution is 6.43. The first kappa shape index (κ1) is 23.7.